The molecule has 0 saturated carbocycles. The summed E-state index contributed by atoms with van der Waals surface area (Å²) < 4.78 is 0. The highest BCUT2D eigenvalue weighted by Crippen LogP contribution is 1.96. The summed E-state index contributed by atoms with van der Waals surface area (Å²) >= 11 is 3.89. The van der Waals surface area contributed by atoms with Gasteiger partial charge >= 0.3 is 5.97 Å². The van der Waals surface area contributed by atoms with Gasteiger partial charge in [-0.05, 0) is 6.42 Å². The number of carbonyl (C=O) groups excluding carboxylic acids is 3. The SMILES string of the molecule is NC(=O)[C@@H](N)CCC(=O)N[C@@H](CS)C(=O)NCC(=O)O. The first-order valence-electron chi connectivity index (χ1n) is 5.72. The molecule has 0 saturated heterocycles. The Bertz CT molecular complexity index is 390. The van der Waals surface area contributed by atoms with Gasteiger partial charge in [0.2, 0.25) is 17.7 Å². The van der Waals surface area contributed by atoms with Crippen LogP contribution in [0.4, 0.5) is 0 Å². The van der Waals surface area contributed by atoms with E-state index >= 15 is 0 Å². The third-order valence-electron chi connectivity index (χ3n) is 2.30. The van der Waals surface area contributed by atoms with Crippen LogP contribution in [0.2, 0.25) is 0 Å². The summed E-state index contributed by atoms with van der Waals surface area (Å²) in [7, 11) is 0. The molecule has 0 aromatic heterocycles. The lowest BCUT2D eigenvalue weighted by molar-refractivity contribution is -0.138. The first-order chi connectivity index (χ1) is 9.27. The van der Waals surface area contributed by atoms with Crippen LogP contribution in [-0.2, 0) is 19.2 Å². The van der Waals surface area contributed by atoms with Gasteiger partial charge in [0.25, 0.3) is 0 Å². The number of carbonyl (C=O) groups is 4. The number of carboxylic acid groups (broad SMARTS) is 1. The van der Waals surface area contributed by atoms with E-state index in [0.717, 1.165) is 0 Å². The molecule has 0 aromatic carbocycles. The predicted octanol–water partition coefficient (Wildman–Crippen LogP) is -2.81. The summed E-state index contributed by atoms with van der Waals surface area (Å²) in [5.74, 6) is -3.09. The highest BCUT2D eigenvalue weighted by molar-refractivity contribution is 7.80. The van der Waals surface area contributed by atoms with E-state index in [1.54, 1.807) is 0 Å². The van der Waals surface area contributed by atoms with E-state index < -0.39 is 42.3 Å². The minimum Gasteiger partial charge on any atom is -0.480 e. The number of primary amides is 1. The molecule has 0 aromatic rings. The molecule has 10 heteroatoms. The van der Waals surface area contributed by atoms with E-state index in [1.165, 1.54) is 0 Å². The van der Waals surface area contributed by atoms with E-state index in [1.807, 2.05) is 0 Å². The Hall–Kier alpha value is -1.81. The Morgan fingerprint density at radius 3 is 2.30 bits per heavy atom. The standard InChI is InChI=1S/C10H18N4O5S/c11-5(9(12)18)1-2-7(15)14-6(4-20)10(19)13-3-8(16)17/h5-6,20H,1-4,11H2,(H2,12,18)(H,13,19)(H,14,15)(H,16,17)/t5-,6-/m0/s1. The van der Waals surface area contributed by atoms with Gasteiger partial charge in [-0.15, -0.1) is 0 Å². The lowest BCUT2D eigenvalue weighted by Crippen LogP contribution is -2.49. The maximum Gasteiger partial charge on any atom is 0.322 e. The fourth-order valence-corrected chi connectivity index (χ4v) is 1.43. The average molecular weight is 306 g/mol. The van der Waals surface area contributed by atoms with Crippen LogP contribution in [0.15, 0.2) is 0 Å². The Balaban J connectivity index is 4.21. The number of aliphatic carboxylic acids is 1. The van der Waals surface area contributed by atoms with E-state index in [4.69, 9.17) is 16.6 Å². The molecule has 3 amide bonds. The molecule has 0 heterocycles. The van der Waals surface area contributed by atoms with Gasteiger partial charge in [-0.2, -0.15) is 12.6 Å². The first kappa shape index (κ1) is 18.2. The minimum absolute atomic E-state index is 0.000927. The van der Waals surface area contributed by atoms with Crippen molar-refractivity contribution >= 4 is 36.3 Å². The van der Waals surface area contributed by atoms with E-state index in [9.17, 15) is 19.2 Å². The van der Waals surface area contributed by atoms with Crippen molar-refractivity contribution in [2.45, 2.75) is 24.9 Å². The topological polar surface area (TPSA) is 165 Å². The third kappa shape index (κ3) is 7.59. The van der Waals surface area contributed by atoms with Crippen LogP contribution in [0.5, 0.6) is 0 Å². The van der Waals surface area contributed by atoms with Crippen molar-refractivity contribution in [3.63, 3.8) is 0 Å². The summed E-state index contributed by atoms with van der Waals surface area (Å²) in [4.78, 5) is 44.0. The largest absolute Gasteiger partial charge is 0.480 e. The molecule has 0 fully saturated rings. The molecule has 0 aliphatic carbocycles. The number of nitrogens with two attached hydrogens (primary N) is 2. The Morgan fingerprint density at radius 2 is 1.85 bits per heavy atom. The number of hydrogen-bond acceptors (Lipinski definition) is 6. The maximum absolute atomic E-state index is 11.5. The Kier molecular flexibility index (Phi) is 8.32. The summed E-state index contributed by atoms with van der Waals surface area (Å²) in [6, 6.07) is -1.90. The Labute approximate surface area is 120 Å². The molecule has 0 rings (SSSR count). The monoisotopic (exact) mass is 306 g/mol. The highest BCUT2D eigenvalue weighted by Gasteiger charge is 2.20. The second-order valence-electron chi connectivity index (χ2n) is 3.96. The molecule has 114 valence electrons. The van der Waals surface area contributed by atoms with Crippen molar-refractivity contribution in [2.75, 3.05) is 12.3 Å². The number of nitrogens with one attached hydrogen (secondary N) is 2. The molecule has 20 heavy (non-hydrogen) atoms. The van der Waals surface area contributed by atoms with Gasteiger partial charge in [0.05, 0.1) is 6.04 Å². The van der Waals surface area contributed by atoms with Crippen molar-refractivity contribution in [1.29, 1.82) is 0 Å². The van der Waals surface area contributed by atoms with Crippen LogP contribution in [0.3, 0.4) is 0 Å². The Morgan fingerprint density at radius 1 is 1.25 bits per heavy atom. The number of thiol groups is 1. The number of hydrogen-bond donors (Lipinski definition) is 6. The van der Waals surface area contributed by atoms with Gasteiger partial charge in [0.1, 0.15) is 12.6 Å². The zero-order chi connectivity index (χ0) is 15.7. The lowest BCUT2D eigenvalue weighted by atomic mass is 10.1. The summed E-state index contributed by atoms with van der Waals surface area (Å²) in [6.07, 6.45) is -0.0300. The van der Waals surface area contributed by atoms with Crippen molar-refractivity contribution in [3.8, 4) is 0 Å². The minimum atomic E-state index is -1.20. The van der Waals surface area contributed by atoms with Gasteiger partial charge < -0.3 is 27.2 Å². The normalized spacial score (nSPS) is 13.1. The van der Waals surface area contributed by atoms with Crippen LogP contribution < -0.4 is 22.1 Å². The molecule has 2 atom stereocenters. The molecule has 0 bridgehead atoms. The molecular formula is C10H18N4O5S. The van der Waals surface area contributed by atoms with Crippen LogP contribution >= 0.6 is 12.6 Å². The van der Waals surface area contributed by atoms with Gasteiger partial charge in [-0.25, -0.2) is 0 Å². The fraction of sp³-hybridized carbons (Fsp3) is 0.600. The first-order valence-corrected chi connectivity index (χ1v) is 6.35. The second-order valence-corrected chi connectivity index (χ2v) is 4.33. The van der Waals surface area contributed by atoms with Gasteiger partial charge in [0, 0.05) is 12.2 Å². The molecule has 9 nitrogen and oxygen atoms in total. The quantitative estimate of drug-likeness (QED) is 0.252. The number of rotatable bonds is 9. The van der Waals surface area contributed by atoms with Gasteiger partial charge in [-0.1, -0.05) is 0 Å². The van der Waals surface area contributed by atoms with Crippen LogP contribution in [-0.4, -0.2) is 53.2 Å². The van der Waals surface area contributed by atoms with Crippen molar-refractivity contribution in [3.05, 3.63) is 0 Å². The summed E-state index contributed by atoms with van der Waals surface area (Å²) in [5.41, 5.74) is 10.3. The van der Waals surface area contributed by atoms with Gasteiger partial charge in [-0.3, -0.25) is 19.2 Å². The van der Waals surface area contributed by atoms with Crippen LogP contribution in [0.1, 0.15) is 12.8 Å². The maximum atomic E-state index is 11.5. The summed E-state index contributed by atoms with van der Waals surface area (Å²) in [6.45, 7) is -0.550. The van der Waals surface area contributed by atoms with Crippen molar-refractivity contribution in [1.82, 2.24) is 10.6 Å². The molecular weight excluding hydrogens is 288 g/mol. The molecule has 0 aliphatic rings. The molecule has 0 spiro atoms. The van der Waals surface area contributed by atoms with Crippen LogP contribution in [0.25, 0.3) is 0 Å². The smallest absolute Gasteiger partial charge is 0.322 e. The second kappa shape index (κ2) is 9.15. The predicted molar refractivity (Wildman–Crippen MR) is 72.8 cm³/mol. The van der Waals surface area contributed by atoms with E-state index in [-0.39, 0.29) is 18.6 Å². The van der Waals surface area contributed by atoms with Crippen molar-refractivity contribution < 1.29 is 24.3 Å². The average Bonchev–Trinajstić information content (AvgIpc) is 2.38. The molecule has 0 aliphatic heterocycles. The van der Waals surface area contributed by atoms with E-state index in [0.29, 0.717) is 0 Å². The lowest BCUT2D eigenvalue weighted by Gasteiger charge is -2.16. The highest BCUT2D eigenvalue weighted by atomic mass is 32.1. The fourth-order valence-electron chi connectivity index (χ4n) is 1.18. The summed E-state index contributed by atoms with van der Waals surface area (Å²) in [5, 5.41) is 12.9. The zero-order valence-electron chi connectivity index (χ0n) is 10.7. The number of carboxylic acids is 1. The molecule has 0 unspecified atom stereocenters. The molecule has 0 radical (unpaired) electrons. The van der Waals surface area contributed by atoms with E-state index in [2.05, 4.69) is 23.3 Å². The zero-order valence-corrected chi connectivity index (χ0v) is 11.6. The van der Waals surface area contributed by atoms with Crippen molar-refractivity contribution in [2.24, 2.45) is 11.5 Å². The number of amides is 3. The van der Waals surface area contributed by atoms with Crippen LogP contribution in [0, 0.1) is 0 Å². The third-order valence-corrected chi connectivity index (χ3v) is 2.66. The molecule has 7 N–H and O–H groups in total. The van der Waals surface area contributed by atoms with Gasteiger partial charge in [0.15, 0.2) is 0 Å².